The molecule has 0 aromatic rings. The van der Waals surface area contributed by atoms with Crippen LogP contribution < -0.4 is 11.1 Å². The summed E-state index contributed by atoms with van der Waals surface area (Å²) in [4.78, 5) is 11.8. The molecule has 0 heterocycles. The minimum atomic E-state index is -0.176. The molecule has 90 valence electrons. The van der Waals surface area contributed by atoms with Gasteiger partial charge in [0.2, 0.25) is 5.91 Å². The molecule has 0 bridgehead atoms. The summed E-state index contributed by atoms with van der Waals surface area (Å²) in [7, 11) is 0. The van der Waals surface area contributed by atoms with Gasteiger partial charge in [-0.05, 0) is 11.8 Å². The van der Waals surface area contributed by atoms with Gasteiger partial charge in [-0.3, -0.25) is 4.79 Å². The summed E-state index contributed by atoms with van der Waals surface area (Å²) in [6.07, 6.45) is 0. The summed E-state index contributed by atoms with van der Waals surface area (Å²) in [5.41, 5.74) is 5.54. The van der Waals surface area contributed by atoms with Gasteiger partial charge in [-0.15, -0.1) is 0 Å². The van der Waals surface area contributed by atoms with Crippen LogP contribution in [0.2, 0.25) is 0 Å². The van der Waals surface area contributed by atoms with Crippen LogP contribution in [0.25, 0.3) is 0 Å². The van der Waals surface area contributed by atoms with Crippen molar-refractivity contribution in [1.82, 2.24) is 5.32 Å². The van der Waals surface area contributed by atoms with E-state index in [1.54, 1.807) is 0 Å². The van der Waals surface area contributed by atoms with E-state index in [9.17, 15) is 4.79 Å². The molecule has 1 amide bonds. The first-order chi connectivity index (χ1) is 6.93. The Morgan fingerprint density at radius 1 is 1.27 bits per heavy atom. The standard InChI is InChI=1S/C11H24N2O2/c1-7(2)9(5-12)11(15)13-10(6-14)8(3)4/h7-10,14H,5-6,12H2,1-4H3,(H,13,15)/t9?,10-/m1/s1. The minimum absolute atomic E-state index is 0.0290. The van der Waals surface area contributed by atoms with E-state index >= 15 is 0 Å². The molecule has 0 radical (unpaired) electrons. The molecule has 0 saturated heterocycles. The van der Waals surface area contributed by atoms with Crippen molar-refractivity contribution in [3.8, 4) is 0 Å². The van der Waals surface area contributed by atoms with Gasteiger partial charge in [0.25, 0.3) is 0 Å². The maximum Gasteiger partial charge on any atom is 0.224 e. The van der Waals surface area contributed by atoms with Crippen LogP contribution in [-0.4, -0.2) is 30.2 Å². The Labute approximate surface area is 92.2 Å². The highest BCUT2D eigenvalue weighted by atomic mass is 16.3. The third kappa shape index (κ3) is 4.62. The van der Waals surface area contributed by atoms with Crippen LogP contribution in [0.15, 0.2) is 0 Å². The van der Waals surface area contributed by atoms with Crippen LogP contribution >= 0.6 is 0 Å². The zero-order chi connectivity index (χ0) is 12.0. The van der Waals surface area contributed by atoms with Crippen molar-refractivity contribution >= 4 is 5.91 Å². The second-order valence-electron chi connectivity index (χ2n) is 4.63. The van der Waals surface area contributed by atoms with Crippen LogP contribution in [-0.2, 0) is 4.79 Å². The van der Waals surface area contributed by atoms with E-state index in [-0.39, 0.29) is 36.3 Å². The normalized spacial score (nSPS) is 15.5. The van der Waals surface area contributed by atoms with Gasteiger partial charge in [-0.25, -0.2) is 0 Å². The van der Waals surface area contributed by atoms with Crippen LogP contribution in [0, 0.1) is 17.8 Å². The number of hydrogen-bond donors (Lipinski definition) is 3. The molecule has 0 saturated carbocycles. The fourth-order valence-corrected chi connectivity index (χ4v) is 1.39. The molecule has 4 N–H and O–H groups in total. The number of nitrogens with two attached hydrogens (primary N) is 1. The summed E-state index contributed by atoms with van der Waals surface area (Å²) in [5.74, 6) is 0.226. The molecule has 2 atom stereocenters. The fraction of sp³-hybridized carbons (Fsp3) is 0.909. The Morgan fingerprint density at radius 2 is 1.80 bits per heavy atom. The van der Waals surface area contributed by atoms with Gasteiger partial charge >= 0.3 is 0 Å². The second kappa shape index (κ2) is 6.80. The molecule has 0 rings (SSSR count). The van der Waals surface area contributed by atoms with E-state index in [4.69, 9.17) is 10.8 Å². The number of amides is 1. The molecule has 0 spiro atoms. The molecule has 0 aromatic carbocycles. The number of nitrogens with one attached hydrogen (secondary N) is 1. The van der Waals surface area contributed by atoms with E-state index in [1.165, 1.54) is 0 Å². The average Bonchev–Trinajstić information content (AvgIpc) is 2.14. The predicted octanol–water partition coefficient (Wildman–Crippen LogP) is 0.350. The summed E-state index contributed by atoms with van der Waals surface area (Å²) < 4.78 is 0. The molecule has 0 aliphatic carbocycles. The third-order valence-electron chi connectivity index (χ3n) is 2.72. The number of carbonyl (C=O) groups is 1. The summed E-state index contributed by atoms with van der Waals surface area (Å²) >= 11 is 0. The first-order valence-corrected chi connectivity index (χ1v) is 5.55. The zero-order valence-electron chi connectivity index (χ0n) is 10.2. The van der Waals surface area contributed by atoms with Gasteiger partial charge in [-0.2, -0.15) is 0 Å². The number of aliphatic hydroxyl groups excluding tert-OH is 1. The highest BCUT2D eigenvalue weighted by molar-refractivity contribution is 5.79. The molecule has 0 aromatic heterocycles. The Morgan fingerprint density at radius 3 is 2.07 bits per heavy atom. The number of rotatable bonds is 6. The van der Waals surface area contributed by atoms with Gasteiger partial charge < -0.3 is 16.2 Å². The quantitative estimate of drug-likeness (QED) is 0.599. The fourth-order valence-electron chi connectivity index (χ4n) is 1.39. The van der Waals surface area contributed by atoms with Crippen LogP contribution in [0.5, 0.6) is 0 Å². The van der Waals surface area contributed by atoms with Crippen molar-refractivity contribution in [2.24, 2.45) is 23.5 Å². The highest BCUT2D eigenvalue weighted by Gasteiger charge is 2.23. The molecular formula is C11H24N2O2. The maximum absolute atomic E-state index is 11.8. The molecule has 15 heavy (non-hydrogen) atoms. The van der Waals surface area contributed by atoms with Gasteiger partial charge in [0.1, 0.15) is 0 Å². The Balaban J connectivity index is 4.31. The molecular weight excluding hydrogens is 192 g/mol. The van der Waals surface area contributed by atoms with E-state index < -0.39 is 0 Å². The van der Waals surface area contributed by atoms with Crippen LogP contribution in [0.1, 0.15) is 27.7 Å². The molecule has 1 unspecified atom stereocenters. The minimum Gasteiger partial charge on any atom is -0.394 e. The van der Waals surface area contributed by atoms with Crippen molar-refractivity contribution in [1.29, 1.82) is 0 Å². The summed E-state index contributed by atoms with van der Waals surface area (Å²) in [6.45, 7) is 8.20. The van der Waals surface area contributed by atoms with E-state index in [0.717, 1.165) is 0 Å². The molecule has 4 nitrogen and oxygen atoms in total. The largest absolute Gasteiger partial charge is 0.394 e. The third-order valence-corrected chi connectivity index (χ3v) is 2.72. The Bertz CT molecular complexity index is 193. The molecule has 4 heteroatoms. The van der Waals surface area contributed by atoms with E-state index in [1.807, 2.05) is 27.7 Å². The molecule has 0 fully saturated rings. The average molecular weight is 216 g/mol. The first-order valence-electron chi connectivity index (χ1n) is 5.55. The number of hydrogen-bond acceptors (Lipinski definition) is 3. The lowest BCUT2D eigenvalue weighted by molar-refractivity contribution is -0.127. The summed E-state index contributed by atoms with van der Waals surface area (Å²) in [5, 5.41) is 11.9. The van der Waals surface area contributed by atoms with Gasteiger partial charge in [-0.1, -0.05) is 27.7 Å². The lowest BCUT2D eigenvalue weighted by atomic mass is 9.94. The van der Waals surface area contributed by atoms with E-state index in [0.29, 0.717) is 6.54 Å². The number of carbonyl (C=O) groups excluding carboxylic acids is 1. The van der Waals surface area contributed by atoms with Crippen molar-refractivity contribution in [3.63, 3.8) is 0 Å². The summed E-state index contributed by atoms with van der Waals surface area (Å²) in [6, 6.07) is -0.176. The maximum atomic E-state index is 11.8. The Hall–Kier alpha value is -0.610. The van der Waals surface area contributed by atoms with Crippen molar-refractivity contribution in [2.45, 2.75) is 33.7 Å². The van der Waals surface area contributed by atoms with Crippen LogP contribution in [0.4, 0.5) is 0 Å². The number of aliphatic hydroxyl groups is 1. The van der Waals surface area contributed by atoms with Gasteiger partial charge in [0, 0.05) is 6.54 Å². The monoisotopic (exact) mass is 216 g/mol. The van der Waals surface area contributed by atoms with Gasteiger partial charge in [0.15, 0.2) is 0 Å². The van der Waals surface area contributed by atoms with Crippen molar-refractivity contribution < 1.29 is 9.90 Å². The van der Waals surface area contributed by atoms with Crippen LogP contribution in [0.3, 0.4) is 0 Å². The topological polar surface area (TPSA) is 75.4 Å². The highest BCUT2D eigenvalue weighted by Crippen LogP contribution is 2.10. The smallest absolute Gasteiger partial charge is 0.224 e. The van der Waals surface area contributed by atoms with Crippen molar-refractivity contribution in [2.75, 3.05) is 13.2 Å². The first kappa shape index (κ1) is 14.4. The SMILES string of the molecule is CC(C)C(CN)C(=O)N[C@H](CO)C(C)C. The van der Waals surface area contributed by atoms with Crippen molar-refractivity contribution in [3.05, 3.63) is 0 Å². The molecule has 0 aliphatic heterocycles. The van der Waals surface area contributed by atoms with Gasteiger partial charge in [0.05, 0.1) is 18.6 Å². The lowest BCUT2D eigenvalue weighted by Gasteiger charge is -2.24. The predicted molar refractivity (Wildman–Crippen MR) is 61.2 cm³/mol. The second-order valence-corrected chi connectivity index (χ2v) is 4.63. The molecule has 0 aliphatic rings. The Kier molecular flexibility index (Phi) is 6.52. The van der Waals surface area contributed by atoms with E-state index in [2.05, 4.69) is 5.32 Å². The zero-order valence-corrected chi connectivity index (χ0v) is 10.2. The lowest BCUT2D eigenvalue weighted by Crippen LogP contribution is -2.46.